The summed E-state index contributed by atoms with van der Waals surface area (Å²) >= 11 is 0. The lowest BCUT2D eigenvalue weighted by Gasteiger charge is -2.47. The Morgan fingerprint density at radius 1 is 1.14 bits per heavy atom. The largest absolute Gasteiger partial charge is 0.367 e. The number of piperazine rings is 1. The maximum Gasteiger partial charge on any atom is 0.0888 e. The van der Waals surface area contributed by atoms with Crippen LogP contribution in [0.1, 0.15) is 12.5 Å². The van der Waals surface area contributed by atoms with Gasteiger partial charge in [0.05, 0.1) is 11.4 Å². The third-order valence-electron chi connectivity index (χ3n) is 4.69. The highest BCUT2D eigenvalue weighted by Gasteiger charge is 2.31. The van der Waals surface area contributed by atoms with Crippen LogP contribution in [0.15, 0.2) is 23.2 Å². The highest BCUT2D eigenvalue weighted by Crippen LogP contribution is 2.32. The number of aryl methyl sites for hydroxylation is 1. The molecular formula is C17H26N4. The van der Waals surface area contributed by atoms with Gasteiger partial charge in [0.25, 0.3) is 0 Å². The van der Waals surface area contributed by atoms with Crippen LogP contribution in [-0.2, 0) is 0 Å². The zero-order chi connectivity index (χ0) is 14.8. The van der Waals surface area contributed by atoms with Gasteiger partial charge < -0.3 is 9.80 Å². The van der Waals surface area contributed by atoms with Crippen LogP contribution >= 0.6 is 0 Å². The van der Waals surface area contributed by atoms with Crippen LogP contribution in [0.3, 0.4) is 0 Å². The zero-order valence-corrected chi connectivity index (χ0v) is 13.4. The summed E-state index contributed by atoms with van der Waals surface area (Å²) in [6, 6.07) is 7.28. The van der Waals surface area contributed by atoms with E-state index < -0.39 is 0 Å². The molecule has 2 aliphatic heterocycles. The van der Waals surface area contributed by atoms with E-state index in [1.54, 1.807) is 0 Å². The predicted octanol–water partition coefficient (Wildman–Crippen LogP) is 2.15. The molecule has 0 amide bonds. The number of rotatable bonds is 3. The first-order chi connectivity index (χ1) is 10.2. The Kier molecular flexibility index (Phi) is 4.27. The topological polar surface area (TPSA) is 22.1 Å². The Morgan fingerprint density at radius 3 is 2.48 bits per heavy atom. The number of likely N-dealkylation sites (tertiary alicyclic amines) is 1. The fraction of sp³-hybridized carbons (Fsp3) is 0.588. The second kappa shape index (κ2) is 6.16. The van der Waals surface area contributed by atoms with Crippen molar-refractivity contribution in [3.63, 3.8) is 0 Å². The molecule has 2 heterocycles. The van der Waals surface area contributed by atoms with Crippen molar-refractivity contribution in [2.24, 2.45) is 4.99 Å². The summed E-state index contributed by atoms with van der Waals surface area (Å²) in [5.41, 5.74) is 3.68. The van der Waals surface area contributed by atoms with E-state index >= 15 is 0 Å². The molecule has 1 aromatic rings. The molecule has 1 aromatic carbocycles. The van der Waals surface area contributed by atoms with Gasteiger partial charge >= 0.3 is 0 Å². The molecule has 0 aromatic heterocycles. The molecule has 0 N–H and O–H groups in total. The van der Waals surface area contributed by atoms with Gasteiger partial charge in [0.2, 0.25) is 0 Å². The summed E-state index contributed by atoms with van der Waals surface area (Å²) in [6.45, 7) is 11.1. The lowest BCUT2D eigenvalue weighted by atomic mass is 10.1. The smallest absolute Gasteiger partial charge is 0.0888 e. The molecule has 0 atom stereocenters. The monoisotopic (exact) mass is 286 g/mol. The second-order valence-corrected chi connectivity index (χ2v) is 6.23. The minimum absolute atomic E-state index is 0.780. The lowest BCUT2D eigenvalue weighted by Crippen LogP contribution is -2.61. The van der Waals surface area contributed by atoms with Gasteiger partial charge in [-0.1, -0.05) is 12.1 Å². The van der Waals surface area contributed by atoms with E-state index in [0.717, 1.165) is 24.8 Å². The number of benzene rings is 1. The summed E-state index contributed by atoms with van der Waals surface area (Å²) in [6.07, 6.45) is 1.90. The SMILES string of the molecule is C/C=N\c1c(C)cccc1N1CCN(C2CN(C)C2)CC1. The van der Waals surface area contributed by atoms with Gasteiger partial charge in [-0.2, -0.15) is 0 Å². The van der Waals surface area contributed by atoms with Crippen molar-refractivity contribution >= 4 is 17.6 Å². The molecule has 3 rings (SSSR count). The zero-order valence-electron chi connectivity index (χ0n) is 13.4. The summed E-state index contributed by atoms with van der Waals surface area (Å²) in [5.74, 6) is 0. The van der Waals surface area contributed by atoms with Crippen LogP contribution < -0.4 is 4.90 Å². The number of anilines is 1. The van der Waals surface area contributed by atoms with E-state index in [9.17, 15) is 0 Å². The number of hydrogen-bond acceptors (Lipinski definition) is 4. The molecule has 4 nitrogen and oxygen atoms in total. The van der Waals surface area contributed by atoms with E-state index in [1.165, 1.54) is 37.4 Å². The third-order valence-corrected chi connectivity index (χ3v) is 4.69. The molecule has 0 radical (unpaired) electrons. The van der Waals surface area contributed by atoms with Crippen LogP contribution in [0.5, 0.6) is 0 Å². The van der Waals surface area contributed by atoms with E-state index in [0.29, 0.717) is 0 Å². The predicted molar refractivity (Wildman–Crippen MR) is 90.1 cm³/mol. The van der Waals surface area contributed by atoms with Gasteiger partial charge in [0.1, 0.15) is 0 Å². The average molecular weight is 286 g/mol. The van der Waals surface area contributed by atoms with Crippen molar-refractivity contribution < 1.29 is 0 Å². The van der Waals surface area contributed by atoms with Crippen LogP contribution in [0.25, 0.3) is 0 Å². The summed E-state index contributed by atoms with van der Waals surface area (Å²) in [5, 5.41) is 0. The lowest BCUT2D eigenvalue weighted by molar-refractivity contribution is 0.0488. The van der Waals surface area contributed by atoms with E-state index in [-0.39, 0.29) is 0 Å². The van der Waals surface area contributed by atoms with E-state index in [2.05, 4.69) is 51.9 Å². The quantitative estimate of drug-likeness (QED) is 0.795. The number of para-hydroxylation sites is 1. The van der Waals surface area contributed by atoms with Crippen LogP contribution in [0, 0.1) is 6.92 Å². The van der Waals surface area contributed by atoms with Gasteiger partial charge in [0, 0.05) is 51.5 Å². The maximum atomic E-state index is 4.59. The van der Waals surface area contributed by atoms with E-state index in [4.69, 9.17) is 0 Å². The molecule has 2 fully saturated rings. The highest BCUT2D eigenvalue weighted by molar-refractivity contribution is 5.75. The van der Waals surface area contributed by atoms with Gasteiger partial charge in [0.15, 0.2) is 0 Å². The molecule has 0 unspecified atom stereocenters. The van der Waals surface area contributed by atoms with Crippen molar-refractivity contribution in [3.8, 4) is 0 Å². The molecule has 4 heteroatoms. The first kappa shape index (κ1) is 14.5. The Bertz CT molecular complexity index is 512. The van der Waals surface area contributed by atoms with Crippen LogP contribution in [0.2, 0.25) is 0 Å². The third kappa shape index (κ3) is 2.97. The number of likely N-dealkylation sites (N-methyl/N-ethyl adjacent to an activating group) is 1. The molecule has 21 heavy (non-hydrogen) atoms. The highest BCUT2D eigenvalue weighted by atomic mass is 15.3. The molecule has 0 spiro atoms. The minimum atomic E-state index is 0.780. The fourth-order valence-corrected chi connectivity index (χ4v) is 3.42. The minimum Gasteiger partial charge on any atom is -0.367 e. The molecular weight excluding hydrogens is 260 g/mol. The second-order valence-electron chi connectivity index (χ2n) is 6.23. The first-order valence-electron chi connectivity index (χ1n) is 7.95. The summed E-state index contributed by atoms with van der Waals surface area (Å²) in [4.78, 5) is 12.1. The molecule has 0 saturated carbocycles. The van der Waals surface area contributed by atoms with Crippen molar-refractivity contribution in [3.05, 3.63) is 23.8 Å². The van der Waals surface area contributed by atoms with Crippen molar-refractivity contribution in [1.29, 1.82) is 0 Å². The molecule has 0 bridgehead atoms. The Hall–Kier alpha value is -1.39. The standard InChI is InChI=1S/C17H26N4/c1-4-18-17-14(2)6-5-7-16(17)21-10-8-20(9-11-21)15-12-19(3)13-15/h4-7,15H,8-13H2,1-3H3/b18-4-. The Balaban J connectivity index is 1.68. The fourth-order valence-electron chi connectivity index (χ4n) is 3.42. The van der Waals surface area contributed by atoms with Crippen molar-refractivity contribution in [2.45, 2.75) is 19.9 Å². The van der Waals surface area contributed by atoms with Gasteiger partial charge in [-0.25, -0.2) is 0 Å². The average Bonchev–Trinajstić information content (AvgIpc) is 2.47. The van der Waals surface area contributed by atoms with Crippen LogP contribution in [0.4, 0.5) is 11.4 Å². The maximum absolute atomic E-state index is 4.59. The van der Waals surface area contributed by atoms with E-state index in [1.807, 2.05) is 13.1 Å². The summed E-state index contributed by atoms with van der Waals surface area (Å²) < 4.78 is 0. The summed E-state index contributed by atoms with van der Waals surface area (Å²) in [7, 11) is 2.20. The molecule has 114 valence electrons. The normalized spacial score (nSPS) is 22.0. The van der Waals surface area contributed by atoms with Crippen molar-refractivity contribution in [1.82, 2.24) is 9.80 Å². The van der Waals surface area contributed by atoms with Crippen LogP contribution in [-0.4, -0.2) is 68.4 Å². The molecule has 2 aliphatic rings. The number of hydrogen-bond donors (Lipinski definition) is 0. The number of aliphatic imine (C=N–C) groups is 1. The Labute approximate surface area is 128 Å². The molecule has 2 saturated heterocycles. The van der Waals surface area contributed by atoms with Gasteiger partial charge in [-0.15, -0.1) is 0 Å². The Morgan fingerprint density at radius 2 is 1.86 bits per heavy atom. The first-order valence-corrected chi connectivity index (χ1v) is 7.95. The van der Waals surface area contributed by atoms with Gasteiger partial charge in [-0.3, -0.25) is 9.89 Å². The van der Waals surface area contributed by atoms with Crippen molar-refractivity contribution in [2.75, 3.05) is 51.2 Å². The van der Waals surface area contributed by atoms with Gasteiger partial charge in [-0.05, 0) is 32.5 Å². The number of nitrogens with zero attached hydrogens (tertiary/aromatic N) is 4. The molecule has 0 aliphatic carbocycles.